The fraction of sp³-hybridized carbons (Fsp3) is 0.400. The van der Waals surface area contributed by atoms with Gasteiger partial charge in [-0.3, -0.25) is 9.59 Å². The van der Waals surface area contributed by atoms with Crippen LogP contribution >= 0.6 is 0 Å². The molecule has 23 heavy (non-hydrogen) atoms. The van der Waals surface area contributed by atoms with Crippen LogP contribution in [0.5, 0.6) is 0 Å². The first-order valence-corrected chi connectivity index (χ1v) is 7.53. The number of nitrogens with zero attached hydrogens (tertiary/aromatic N) is 5. The van der Waals surface area contributed by atoms with E-state index in [1.807, 2.05) is 4.90 Å². The predicted octanol–water partition coefficient (Wildman–Crippen LogP) is 1.05. The molecule has 1 saturated heterocycles. The Bertz CT molecular complexity index is 704. The third kappa shape index (κ3) is 3.36. The molecule has 8 nitrogen and oxygen atoms in total. The second-order valence-electron chi connectivity index (χ2n) is 5.48. The fourth-order valence-electron chi connectivity index (χ4n) is 2.69. The molecule has 0 saturated carbocycles. The van der Waals surface area contributed by atoms with E-state index in [2.05, 4.69) is 15.5 Å². The Labute approximate surface area is 132 Å². The zero-order valence-corrected chi connectivity index (χ0v) is 12.6. The number of piperidine rings is 1. The molecule has 0 radical (unpaired) electrons. The first kappa shape index (κ1) is 15.1. The van der Waals surface area contributed by atoms with Crippen molar-refractivity contribution in [1.29, 1.82) is 0 Å². The van der Waals surface area contributed by atoms with Gasteiger partial charge < -0.3 is 10.0 Å². The zero-order valence-electron chi connectivity index (χ0n) is 12.6. The second-order valence-corrected chi connectivity index (χ2v) is 5.48. The van der Waals surface area contributed by atoms with Gasteiger partial charge in [-0.2, -0.15) is 0 Å². The average Bonchev–Trinajstić information content (AvgIpc) is 3.02. The molecule has 3 rings (SSSR count). The minimum atomic E-state index is -1.02. The van der Waals surface area contributed by atoms with E-state index in [0.717, 1.165) is 25.9 Å². The topological polar surface area (TPSA) is 101 Å². The largest absolute Gasteiger partial charge is 0.480 e. The monoisotopic (exact) mass is 315 g/mol. The van der Waals surface area contributed by atoms with E-state index in [0.29, 0.717) is 17.0 Å². The molecular weight excluding hydrogens is 298 g/mol. The van der Waals surface area contributed by atoms with Crippen LogP contribution in [0.15, 0.2) is 24.3 Å². The number of aliphatic carboxylic acids is 1. The van der Waals surface area contributed by atoms with Gasteiger partial charge in [0, 0.05) is 24.2 Å². The Morgan fingerprint density at radius 3 is 2.43 bits per heavy atom. The van der Waals surface area contributed by atoms with Crippen LogP contribution < -0.4 is 0 Å². The summed E-state index contributed by atoms with van der Waals surface area (Å²) < 4.78 is 1.21. The summed E-state index contributed by atoms with van der Waals surface area (Å²) in [6, 6.07) is 6.93. The molecule has 2 heterocycles. The van der Waals surface area contributed by atoms with E-state index in [1.165, 1.54) is 11.1 Å². The number of aromatic nitrogens is 4. The van der Waals surface area contributed by atoms with Crippen molar-refractivity contribution in [2.24, 2.45) is 0 Å². The van der Waals surface area contributed by atoms with Crippen molar-refractivity contribution in [3.8, 4) is 11.4 Å². The lowest BCUT2D eigenvalue weighted by Crippen LogP contribution is -2.35. The van der Waals surface area contributed by atoms with E-state index < -0.39 is 5.97 Å². The summed E-state index contributed by atoms with van der Waals surface area (Å²) >= 11 is 0. The number of benzene rings is 1. The van der Waals surface area contributed by atoms with Gasteiger partial charge in [0.1, 0.15) is 6.54 Å². The fourth-order valence-corrected chi connectivity index (χ4v) is 2.69. The molecule has 1 fully saturated rings. The number of carboxylic acid groups (broad SMARTS) is 1. The predicted molar refractivity (Wildman–Crippen MR) is 80.6 cm³/mol. The van der Waals surface area contributed by atoms with Gasteiger partial charge in [0.15, 0.2) is 5.82 Å². The average molecular weight is 315 g/mol. The molecule has 1 aromatic heterocycles. The van der Waals surface area contributed by atoms with Crippen molar-refractivity contribution in [3.63, 3.8) is 0 Å². The molecule has 1 aliphatic heterocycles. The normalized spacial score (nSPS) is 14.7. The van der Waals surface area contributed by atoms with Crippen LogP contribution in [0.1, 0.15) is 29.6 Å². The van der Waals surface area contributed by atoms with Gasteiger partial charge in [0.2, 0.25) is 0 Å². The summed E-state index contributed by atoms with van der Waals surface area (Å²) in [5.74, 6) is -0.624. The molecule has 0 spiro atoms. The van der Waals surface area contributed by atoms with Crippen LogP contribution in [0, 0.1) is 0 Å². The molecule has 8 heteroatoms. The first-order valence-electron chi connectivity index (χ1n) is 7.53. The Balaban J connectivity index is 1.78. The molecule has 1 amide bonds. The number of tetrazole rings is 1. The Kier molecular flexibility index (Phi) is 4.31. The summed E-state index contributed by atoms with van der Waals surface area (Å²) in [4.78, 5) is 25.1. The minimum absolute atomic E-state index is 0.0291. The summed E-state index contributed by atoms with van der Waals surface area (Å²) in [6.45, 7) is 1.30. The Hall–Kier alpha value is -2.77. The van der Waals surface area contributed by atoms with E-state index in [-0.39, 0.29) is 12.5 Å². The molecule has 0 aliphatic carbocycles. The van der Waals surface area contributed by atoms with Crippen LogP contribution in [0.4, 0.5) is 0 Å². The summed E-state index contributed by atoms with van der Waals surface area (Å²) in [6.07, 6.45) is 3.27. The number of carboxylic acids is 1. The molecule has 0 atom stereocenters. The third-order valence-electron chi connectivity index (χ3n) is 3.85. The second kappa shape index (κ2) is 6.55. The van der Waals surface area contributed by atoms with Crippen molar-refractivity contribution in [2.75, 3.05) is 13.1 Å². The minimum Gasteiger partial charge on any atom is -0.480 e. The molecule has 0 unspecified atom stereocenters. The van der Waals surface area contributed by atoms with E-state index in [1.54, 1.807) is 24.3 Å². The number of amides is 1. The third-order valence-corrected chi connectivity index (χ3v) is 3.85. The van der Waals surface area contributed by atoms with Crippen molar-refractivity contribution >= 4 is 11.9 Å². The van der Waals surface area contributed by atoms with Crippen molar-refractivity contribution in [2.45, 2.75) is 25.8 Å². The molecule has 1 N–H and O–H groups in total. The van der Waals surface area contributed by atoms with Crippen LogP contribution in [0.25, 0.3) is 11.4 Å². The van der Waals surface area contributed by atoms with Crippen molar-refractivity contribution in [1.82, 2.24) is 25.1 Å². The lowest BCUT2D eigenvalue weighted by atomic mass is 10.1. The highest BCUT2D eigenvalue weighted by molar-refractivity contribution is 5.94. The molecule has 1 aromatic carbocycles. The van der Waals surface area contributed by atoms with Gasteiger partial charge in [-0.05, 0) is 41.8 Å². The number of carbonyl (C=O) groups excluding carboxylic acids is 1. The number of hydrogen-bond donors (Lipinski definition) is 1. The summed E-state index contributed by atoms with van der Waals surface area (Å²) in [5.41, 5.74) is 1.29. The maximum atomic E-state index is 12.4. The van der Waals surface area contributed by atoms with Gasteiger partial charge in [0.05, 0.1) is 0 Å². The number of hydrogen-bond acceptors (Lipinski definition) is 5. The standard InChI is InChI=1S/C15H17N5O3/c21-13(22)10-20-14(16-17-18-20)11-4-6-12(7-5-11)15(23)19-8-2-1-3-9-19/h4-7H,1-3,8-10H2,(H,21,22). The van der Waals surface area contributed by atoms with Crippen LogP contribution in [-0.4, -0.2) is 55.2 Å². The quantitative estimate of drug-likeness (QED) is 0.905. The van der Waals surface area contributed by atoms with Gasteiger partial charge in [-0.1, -0.05) is 12.1 Å². The number of carbonyl (C=O) groups is 2. The maximum Gasteiger partial charge on any atom is 0.325 e. The lowest BCUT2D eigenvalue weighted by molar-refractivity contribution is -0.137. The van der Waals surface area contributed by atoms with Crippen molar-refractivity contribution in [3.05, 3.63) is 29.8 Å². The van der Waals surface area contributed by atoms with Crippen LogP contribution in [0.2, 0.25) is 0 Å². The van der Waals surface area contributed by atoms with Crippen LogP contribution in [0.3, 0.4) is 0 Å². The highest BCUT2D eigenvalue weighted by Crippen LogP contribution is 2.18. The van der Waals surface area contributed by atoms with E-state index >= 15 is 0 Å². The van der Waals surface area contributed by atoms with E-state index in [4.69, 9.17) is 5.11 Å². The lowest BCUT2D eigenvalue weighted by Gasteiger charge is -2.26. The highest BCUT2D eigenvalue weighted by atomic mass is 16.4. The summed E-state index contributed by atoms with van der Waals surface area (Å²) in [7, 11) is 0. The van der Waals surface area contributed by atoms with Gasteiger partial charge in [-0.25, -0.2) is 4.68 Å². The smallest absolute Gasteiger partial charge is 0.325 e. The molecule has 120 valence electrons. The van der Waals surface area contributed by atoms with Gasteiger partial charge in [0.25, 0.3) is 5.91 Å². The summed E-state index contributed by atoms with van der Waals surface area (Å²) in [5, 5.41) is 19.9. The van der Waals surface area contributed by atoms with E-state index in [9.17, 15) is 9.59 Å². The Morgan fingerprint density at radius 1 is 1.09 bits per heavy atom. The highest BCUT2D eigenvalue weighted by Gasteiger charge is 2.18. The molecule has 2 aromatic rings. The SMILES string of the molecule is O=C(O)Cn1nnnc1-c1ccc(C(=O)N2CCCCC2)cc1. The molecule has 0 bridgehead atoms. The maximum absolute atomic E-state index is 12.4. The Morgan fingerprint density at radius 2 is 1.78 bits per heavy atom. The number of rotatable bonds is 4. The molecular formula is C15H17N5O3. The van der Waals surface area contributed by atoms with Crippen LogP contribution in [-0.2, 0) is 11.3 Å². The van der Waals surface area contributed by atoms with Gasteiger partial charge in [-0.15, -0.1) is 5.10 Å². The first-order chi connectivity index (χ1) is 11.1. The molecule has 1 aliphatic rings. The zero-order chi connectivity index (χ0) is 16.2. The van der Waals surface area contributed by atoms with Crippen molar-refractivity contribution < 1.29 is 14.7 Å². The number of likely N-dealkylation sites (tertiary alicyclic amines) is 1. The van der Waals surface area contributed by atoms with Gasteiger partial charge >= 0.3 is 5.97 Å².